The first-order valence-corrected chi connectivity index (χ1v) is 11.7. The van der Waals surface area contributed by atoms with Crippen LogP contribution < -0.4 is 16.2 Å². The first-order valence-electron chi connectivity index (χ1n) is 10.8. The van der Waals surface area contributed by atoms with Crippen LogP contribution in [-0.2, 0) is 17.7 Å². The average molecular weight is 437 g/mol. The predicted octanol–water partition coefficient (Wildman–Crippen LogP) is 3.35. The number of anilines is 1. The van der Waals surface area contributed by atoms with E-state index in [0.29, 0.717) is 0 Å². The summed E-state index contributed by atoms with van der Waals surface area (Å²) in [5.74, 6) is 2.08. The van der Waals surface area contributed by atoms with Crippen molar-refractivity contribution in [3.05, 3.63) is 65.0 Å². The van der Waals surface area contributed by atoms with Crippen LogP contribution >= 0.6 is 11.3 Å². The zero-order valence-electron chi connectivity index (χ0n) is 17.7. The number of nitrogens with zero attached hydrogens (tertiary/aromatic N) is 3. The Morgan fingerprint density at radius 3 is 2.84 bits per heavy atom. The van der Waals surface area contributed by atoms with E-state index >= 15 is 0 Å². The Balaban J connectivity index is 1.33. The maximum atomic E-state index is 5.56. The second-order valence-electron chi connectivity index (χ2n) is 7.72. The van der Waals surface area contributed by atoms with Gasteiger partial charge in [0.15, 0.2) is 0 Å². The minimum absolute atomic E-state index is 0.0485. The van der Waals surface area contributed by atoms with Crippen molar-refractivity contribution in [2.45, 2.75) is 26.1 Å². The number of thiophene rings is 1. The van der Waals surface area contributed by atoms with Crippen molar-refractivity contribution in [1.82, 2.24) is 25.5 Å². The van der Waals surface area contributed by atoms with Crippen molar-refractivity contribution >= 4 is 23.0 Å². The van der Waals surface area contributed by atoms with Crippen molar-refractivity contribution in [3.63, 3.8) is 0 Å². The van der Waals surface area contributed by atoms with Gasteiger partial charge in [-0.25, -0.2) is 10.1 Å². The van der Waals surface area contributed by atoms with Crippen molar-refractivity contribution in [1.29, 1.82) is 0 Å². The van der Waals surface area contributed by atoms with Crippen LogP contribution in [0, 0.1) is 0 Å². The highest BCUT2D eigenvalue weighted by Crippen LogP contribution is 2.31. The lowest BCUT2D eigenvalue weighted by Crippen LogP contribution is -2.47. The van der Waals surface area contributed by atoms with Gasteiger partial charge in [-0.3, -0.25) is 5.43 Å². The molecular formula is C23H28N6OS. The number of hydrogen-bond acceptors (Lipinski definition) is 7. The molecular weight excluding hydrogens is 408 g/mol. The Kier molecular flexibility index (Phi) is 6.04. The number of rotatable bonds is 7. The van der Waals surface area contributed by atoms with Gasteiger partial charge >= 0.3 is 0 Å². The van der Waals surface area contributed by atoms with E-state index in [4.69, 9.17) is 9.84 Å². The van der Waals surface area contributed by atoms with Crippen LogP contribution in [0.3, 0.4) is 0 Å². The Morgan fingerprint density at radius 1 is 1.16 bits per heavy atom. The van der Waals surface area contributed by atoms with Gasteiger partial charge in [-0.15, -0.1) is 11.3 Å². The molecule has 1 fully saturated rings. The lowest BCUT2D eigenvalue weighted by atomic mass is 10.1. The van der Waals surface area contributed by atoms with E-state index in [-0.39, 0.29) is 6.17 Å². The van der Waals surface area contributed by atoms with Crippen molar-refractivity contribution in [3.8, 4) is 10.6 Å². The number of benzene rings is 1. The summed E-state index contributed by atoms with van der Waals surface area (Å²) in [7, 11) is 0. The molecule has 162 valence electrons. The third-order valence-electron chi connectivity index (χ3n) is 5.60. The van der Waals surface area contributed by atoms with Gasteiger partial charge in [-0.05, 0) is 35.1 Å². The Hall–Kier alpha value is -2.65. The van der Waals surface area contributed by atoms with Gasteiger partial charge < -0.3 is 15.0 Å². The summed E-state index contributed by atoms with van der Waals surface area (Å²) in [6.07, 6.45) is 3.19. The fraction of sp³-hybridized carbons (Fsp3) is 0.348. The minimum Gasteiger partial charge on any atom is -0.378 e. The predicted molar refractivity (Wildman–Crippen MR) is 125 cm³/mol. The molecule has 7 nitrogen and oxygen atoms in total. The largest absolute Gasteiger partial charge is 0.378 e. The lowest BCUT2D eigenvalue weighted by molar-refractivity contribution is 0.0609. The van der Waals surface area contributed by atoms with E-state index < -0.39 is 0 Å². The quantitative estimate of drug-likeness (QED) is 0.494. The first kappa shape index (κ1) is 20.3. The summed E-state index contributed by atoms with van der Waals surface area (Å²) < 4.78 is 7.58. The molecule has 0 spiro atoms. The number of fused-ring (bicyclic) bond motifs is 1. The summed E-state index contributed by atoms with van der Waals surface area (Å²) in [6.45, 7) is 6.15. The van der Waals surface area contributed by atoms with E-state index in [9.17, 15) is 0 Å². The van der Waals surface area contributed by atoms with Gasteiger partial charge in [0.1, 0.15) is 23.5 Å². The number of morpholine rings is 1. The Bertz CT molecular complexity index is 1040. The molecule has 1 atom stereocenters. The molecule has 5 rings (SSSR count). The van der Waals surface area contributed by atoms with Crippen LogP contribution in [0.1, 0.15) is 18.1 Å². The summed E-state index contributed by atoms with van der Waals surface area (Å²) in [6, 6.07) is 15.0. The third kappa shape index (κ3) is 4.52. The molecule has 4 heterocycles. The van der Waals surface area contributed by atoms with Gasteiger partial charge in [-0.2, -0.15) is 5.10 Å². The van der Waals surface area contributed by atoms with Crippen molar-refractivity contribution in [2.75, 3.05) is 31.6 Å². The molecule has 2 aromatic heterocycles. The highest BCUT2D eigenvalue weighted by molar-refractivity contribution is 7.13. The van der Waals surface area contributed by atoms with E-state index in [1.165, 1.54) is 16.0 Å². The molecule has 0 amide bonds. The molecule has 2 aliphatic heterocycles. The molecule has 8 heteroatoms. The molecule has 3 N–H and O–H groups in total. The molecule has 0 aliphatic carbocycles. The van der Waals surface area contributed by atoms with Crippen LogP contribution in [-0.4, -0.2) is 47.1 Å². The molecule has 31 heavy (non-hydrogen) atoms. The van der Waals surface area contributed by atoms with Gasteiger partial charge in [-0.1, -0.05) is 37.3 Å². The minimum atomic E-state index is -0.0485. The van der Waals surface area contributed by atoms with Gasteiger partial charge in [0, 0.05) is 25.7 Å². The lowest BCUT2D eigenvalue weighted by Gasteiger charge is -2.35. The average Bonchev–Trinajstić information content (AvgIpc) is 3.49. The number of aromatic nitrogens is 2. The normalized spacial score (nSPS) is 18.4. The molecule has 0 saturated carbocycles. The molecule has 1 aromatic carbocycles. The molecule has 3 aromatic rings. The molecule has 2 aliphatic rings. The third-order valence-corrected chi connectivity index (χ3v) is 6.50. The number of ether oxygens (including phenoxy) is 1. The Morgan fingerprint density at radius 2 is 2.03 bits per heavy atom. The van der Waals surface area contributed by atoms with E-state index in [2.05, 4.69) is 81.9 Å². The first-order chi connectivity index (χ1) is 15.3. The standard InChI is InChI=1S/C23H28N6OS/c1-2-17-5-3-6-18(13-17)16-24-26-21-15-23(28-8-10-30-11-9-28)29-22(25-21)14-19(27-29)20-7-4-12-31-20/h3-7,12-15,21,24-26H,2,8-11,16H2,1H3. The molecule has 1 saturated heterocycles. The maximum Gasteiger partial charge on any atom is 0.133 e. The summed E-state index contributed by atoms with van der Waals surface area (Å²) in [5, 5.41) is 10.5. The number of hydrogen-bond donors (Lipinski definition) is 3. The second kappa shape index (κ2) is 9.23. The van der Waals surface area contributed by atoms with E-state index in [1.54, 1.807) is 11.3 Å². The van der Waals surface area contributed by atoms with Crippen molar-refractivity contribution in [2.24, 2.45) is 0 Å². The molecule has 0 bridgehead atoms. The topological polar surface area (TPSA) is 66.4 Å². The van der Waals surface area contributed by atoms with Crippen LogP contribution in [0.4, 0.5) is 5.82 Å². The fourth-order valence-electron chi connectivity index (χ4n) is 3.96. The smallest absolute Gasteiger partial charge is 0.133 e. The van der Waals surface area contributed by atoms with Gasteiger partial charge in [0.05, 0.1) is 18.1 Å². The number of nitrogens with one attached hydrogen (secondary N) is 3. The van der Waals surface area contributed by atoms with E-state index in [1.807, 2.05) is 4.68 Å². The zero-order valence-corrected chi connectivity index (χ0v) is 18.5. The zero-order chi connectivity index (χ0) is 21.0. The summed E-state index contributed by atoms with van der Waals surface area (Å²) in [4.78, 5) is 3.52. The number of aryl methyl sites for hydroxylation is 1. The fourth-order valence-corrected chi connectivity index (χ4v) is 4.64. The van der Waals surface area contributed by atoms with Crippen LogP contribution in [0.2, 0.25) is 0 Å². The Labute approximate surface area is 186 Å². The van der Waals surface area contributed by atoms with Gasteiger partial charge in [0.2, 0.25) is 0 Å². The highest BCUT2D eigenvalue weighted by Gasteiger charge is 2.26. The summed E-state index contributed by atoms with van der Waals surface area (Å²) in [5.41, 5.74) is 10.4. The van der Waals surface area contributed by atoms with Crippen LogP contribution in [0.15, 0.2) is 53.9 Å². The summed E-state index contributed by atoms with van der Waals surface area (Å²) >= 11 is 1.71. The monoisotopic (exact) mass is 436 g/mol. The highest BCUT2D eigenvalue weighted by atomic mass is 32.1. The van der Waals surface area contributed by atoms with E-state index in [0.717, 1.165) is 56.6 Å². The molecule has 1 unspecified atom stereocenters. The number of hydrazine groups is 1. The molecule has 0 radical (unpaired) electrons. The second-order valence-corrected chi connectivity index (χ2v) is 8.67. The van der Waals surface area contributed by atoms with Crippen molar-refractivity contribution < 1.29 is 4.74 Å². The maximum absolute atomic E-state index is 5.56. The van der Waals surface area contributed by atoms with Gasteiger partial charge in [0.25, 0.3) is 0 Å². The van der Waals surface area contributed by atoms with Crippen LogP contribution in [0.25, 0.3) is 16.4 Å². The van der Waals surface area contributed by atoms with Crippen LogP contribution in [0.5, 0.6) is 0 Å². The SMILES string of the molecule is CCc1cccc(CNNC2C=C(N3CCOCC3)n3nc(-c4cccs4)cc3N2)c1.